The van der Waals surface area contributed by atoms with Crippen LogP contribution in [0.1, 0.15) is 111 Å². The van der Waals surface area contributed by atoms with Crippen LogP contribution in [-0.4, -0.2) is 65.8 Å². The first-order chi connectivity index (χ1) is 21.7. The Hall–Kier alpha value is -3.13. The van der Waals surface area contributed by atoms with Crippen molar-refractivity contribution in [1.29, 1.82) is 0 Å². The summed E-state index contributed by atoms with van der Waals surface area (Å²) in [6.45, 7) is 12.8. The largest absolute Gasteiger partial charge is 0.497 e. The number of amides is 1. The summed E-state index contributed by atoms with van der Waals surface area (Å²) in [6, 6.07) is 10.5. The number of carbonyl (C=O) groups is 2. The molecule has 2 heterocycles. The van der Waals surface area contributed by atoms with Gasteiger partial charge in [0.2, 0.25) is 5.78 Å². The van der Waals surface area contributed by atoms with Gasteiger partial charge in [-0.1, -0.05) is 59.4 Å². The molecule has 45 heavy (non-hydrogen) atoms. The minimum atomic E-state index is -3.53. The number of ketones is 1. The quantitative estimate of drug-likeness (QED) is 0.0985. The third kappa shape index (κ3) is 8.57. The maximum atomic E-state index is 15.4. The molecular weight excluding hydrogens is 587 g/mol. The van der Waals surface area contributed by atoms with E-state index in [4.69, 9.17) is 9.47 Å². The predicted molar refractivity (Wildman–Crippen MR) is 183 cm³/mol. The van der Waals surface area contributed by atoms with Gasteiger partial charge in [0.05, 0.1) is 31.0 Å². The topological polar surface area (TPSA) is 92.6 Å². The summed E-state index contributed by atoms with van der Waals surface area (Å²) in [4.78, 5) is 28.6. The number of benzene rings is 1. The molecule has 0 bridgehead atoms. The maximum absolute atomic E-state index is 15.4. The van der Waals surface area contributed by atoms with Crippen molar-refractivity contribution in [1.82, 2.24) is 18.8 Å². The van der Waals surface area contributed by atoms with Crippen LogP contribution in [0, 0.1) is 6.92 Å². The zero-order chi connectivity index (χ0) is 33.0. The number of ether oxygens (including phenoxy) is 2. The van der Waals surface area contributed by atoms with Crippen molar-refractivity contribution in [2.45, 2.75) is 86.0 Å². The molecule has 0 spiro atoms. The van der Waals surface area contributed by atoms with Crippen molar-refractivity contribution < 1.29 is 23.6 Å². The molecule has 0 aliphatic heterocycles. The van der Waals surface area contributed by atoms with Gasteiger partial charge in [0.15, 0.2) is 0 Å². The third-order valence-electron chi connectivity index (χ3n) is 8.24. The van der Waals surface area contributed by atoms with Crippen LogP contribution in [0.25, 0.3) is 5.52 Å². The summed E-state index contributed by atoms with van der Waals surface area (Å²) in [5.41, 5.74) is 2.21. The number of fused-ring (bicyclic) bond motifs is 1. The molecular formula is C35H53N4O5P. The molecule has 0 fully saturated rings. The van der Waals surface area contributed by atoms with E-state index in [2.05, 4.69) is 32.8 Å². The van der Waals surface area contributed by atoms with E-state index in [0.29, 0.717) is 65.6 Å². The first-order valence-electron chi connectivity index (χ1n) is 16.5. The number of nitrogens with zero attached hydrogens (tertiary/aromatic N) is 3. The Morgan fingerprint density at radius 2 is 1.29 bits per heavy atom. The van der Waals surface area contributed by atoms with Crippen LogP contribution >= 0.6 is 7.59 Å². The normalized spacial score (nSPS) is 11.8. The molecule has 1 amide bonds. The van der Waals surface area contributed by atoms with E-state index in [1.54, 1.807) is 35.7 Å². The number of aromatic nitrogens is 1. The highest BCUT2D eigenvalue weighted by Gasteiger charge is 2.39. The highest BCUT2D eigenvalue weighted by atomic mass is 31.2. The molecule has 0 unspecified atom stereocenters. The maximum Gasteiger partial charge on any atom is 0.311 e. The van der Waals surface area contributed by atoms with E-state index in [-0.39, 0.29) is 5.78 Å². The lowest BCUT2D eigenvalue weighted by atomic mass is 10.0. The Kier molecular flexibility index (Phi) is 14.2. The van der Waals surface area contributed by atoms with Gasteiger partial charge in [-0.3, -0.25) is 19.2 Å². The number of unbranched alkanes of at least 4 members (excludes halogenated alkanes) is 4. The second-order valence-corrected chi connectivity index (χ2v) is 14.0. The molecule has 0 aliphatic carbocycles. The van der Waals surface area contributed by atoms with E-state index in [9.17, 15) is 9.59 Å². The lowest BCUT2D eigenvalue weighted by Gasteiger charge is -2.39. The lowest BCUT2D eigenvalue weighted by molar-refractivity contribution is 0.0974. The molecule has 248 valence electrons. The smallest absolute Gasteiger partial charge is 0.311 e. The molecule has 3 rings (SSSR count). The van der Waals surface area contributed by atoms with Gasteiger partial charge in [-0.15, -0.1) is 0 Å². The van der Waals surface area contributed by atoms with Gasteiger partial charge >= 0.3 is 7.59 Å². The van der Waals surface area contributed by atoms with Crippen LogP contribution in [-0.2, 0) is 4.57 Å². The second-order valence-electron chi connectivity index (χ2n) is 11.5. The fraction of sp³-hybridized carbons (Fsp3) is 0.543. The molecule has 9 nitrogen and oxygen atoms in total. The summed E-state index contributed by atoms with van der Waals surface area (Å²) in [5.74, 6) is 0.285. The van der Waals surface area contributed by atoms with Crippen molar-refractivity contribution in [2.24, 2.45) is 0 Å². The molecule has 0 saturated heterocycles. The van der Waals surface area contributed by atoms with Gasteiger partial charge in [0.25, 0.3) is 5.91 Å². The number of carbonyl (C=O) groups excluding carboxylic acids is 2. The Bertz CT molecular complexity index is 1410. The van der Waals surface area contributed by atoms with Crippen LogP contribution in [0.2, 0.25) is 0 Å². The number of nitrogens with one attached hydrogen (secondary N) is 1. The van der Waals surface area contributed by atoms with E-state index >= 15 is 4.57 Å². The van der Waals surface area contributed by atoms with Gasteiger partial charge < -0.3 is 13.9 Å². The van der Waals surface area contributed by atoms with Crippen molar-refractivity contribution >= 4 is 24.8 Å². The summed E-state index contributed by atoms with van der Waals surface area (Å²) < 4.78 is 32.0. The van der Waals surface area contributed by atoms with E-state index in [0.717, 1.165) is 51.4 Å². The van der Waals surface area contributed by atoms with Crippen LogP contribution in [0.15, 0.2) is 42.6 Å². The Labute approximate surface area is 269 Å². The zero-order valence-electron chi connectivity index (χ0n) is 28.4. The summed E-state index contributed by atoms with van der Waals surface area (Å²) in [7, 11) is -0.456. The summed E-state index contributed by atoms with van der Waals surface area (Å²) >= 11 is 0. The van der Waals surface area contributed by atoms with Crippen molar-refractivity contribution in [3.8, 4) is 11.5 Å². The molecule has 2 aromatic heterocycles. The van der Waals surface area contributed by atoms with Crippen LogP contribution in [0.3, 0.4) is 0 Å². The van der Waals surface area contributed by atoms with Crippen LogP contribution < -0.4 is 14.6 Å². The number of rotatable bonds is 20. The SMILES string of the molecule is CCCCN(CCCC)P(=O)(NC(=O)c1c(C)c(C(=O)c2cc(OC)cc(OC)c2)n2ccccc12)N(CCCC)CCCC. The highest BCUT2D eigenvalue weighted by Crippen LogP contribution is 2.50. The van der Waals surface area contributed by atoms with E-state index in [1.807, 2.05) is 27.5 Å². The first kappa shape index (κ1) is 36.3. The van der Waals surface area contributed by atoms with Crippen molar-refractivity contribution in [3.63, 3.8) is 0 Å². The summed E-state index contributed by atoms with van der Waals surface area (Å²) in [5, 5.41) is 3.11. The molecule has 0 atom stereocenters. The minimum absolute atomic E-state index is 0.270. The number of hydrogen-bond acceptors (Lipinski definition) is 5. The van der Waals surface area contributed by atoms with Gasteiger partial charge in [-0.2, -0.15) is 0 Å². The molecule has 0 aliphatic rings. The van der Waals surface area contributed by atoms with E-state index in [1.165, 1.54) is 14.2 Å². The average molecular weight is 641 g/mol. The molecule has 0 radical (unpaired) electrons. The second kappa shape index (κ2) is 17.5. The van der Waals surface area contributed by atoms with Crippen molar-refractivity contribution in [2.75, 3.05) is 40.4 Å². The summed E-state index contributed by atoms with van der Waals surface area (Å²) in [6.07, 6.45) is 9.17. The van der Waals surface area contributed by atoms with Gasteiger partial charge in [-0.05, 0) is 62.4 Å². The fourth-order valence-corrected chi connectivity index (χ4v) is 8.28. The first-order valence-corrected chi connectivity index (χ1v) is 18.1. The van der Waals surface area contributed by atoms with Crippen molar-refractivity contribution in [3.05, 3.63) is 65.0 Å². The molecule has 3 aromatic rings. The zero-order valence-corrected chi connectivity index (χ0v) is 29.3. The molecule has 0 saturated carbocycles. The Morgan fingerprint density at radius 1 is 0.800 bits per heavy atom. The lowest BCUT2D eigenvalue weighted by Crippen LogP contribution is -2.42. The van der Waals surface area contributed by atoms with E-state index < -0.39 is 13.5 Å². The van der Waals surface area contributed by atoms with Gasteiger partial charge in [0.1, 0.15) is 11.5 Å². The number of pyridine rings is 1. The van der Waals surface area contributed by atoms with Gasteiger partial charge in [0, 0.05) is 44.0 Å². The Balaban J connectivity index is 2.17. The average Bonchev–Trinajstić information content (AvgIpc) is 3.35. The number of methoxy groups -OCH3 is 2. The van der Waals surface area contributed by atoms with Crippen LogP contribution in [0.5, 0.6) is 11.5 Å². The molecule has 10 heteroatoms. The third-order valence-corrected chi connectivity index (χ3v) is 11.1. The fourth-order valence-electron chi connectivity index (χ4n) is 5.61. The molecule has 1 aromatic carbocycles. The highest BCUT2D eigenvalue weighted by molar-refractivity contribution is 7.57. The van der Waals surface area contributed by atoms with Gasteiger partial charge in [-0.25, -0.2) is 9.34 Å². The Morgan fingerprint density at radius 3 is 1.73 bits per heavy atom. The predicted octanol–water partition coefficient (Wildman–Crippen LogP) is 8.14. The minimum Gasteiger partial charge on any atom is -0.497 e. The standard InChI is InChI=1S/C35H53N4O5P/c1-8-12-19-37(20-13-9-2)45(42,38(21-14-10-3)22-15-11-4)36-35(41)32-27(5)33(39-23-17-16-18-31(32)39)34(40)28-24-29(43-6)26-30(25-28)44-7/h16-18,23-26H,8-15,19-22H2,1-7H3,(H,36,41,42). The number of hydrogen-bond donors (Lipinski definition) is 1. The molecule has 1 N–H and O–H groups in total. The monoisotopic (exact) mass is 640 g/mol. The van der Waals surface area contributed by atoms with Crippen LogP contribution in [0.4, 0.5) is 0 Å².